The van der Waals surface area contributed by atoms with Crippen molar-refractivity contribution in [2.75, 3.05) is 31.1 Å². The molecule has 2 N–H and O–H groups in total. The highest BCUT2D eigenvalue weighted by Gasteiger charge is 2.16. The van der Waals surface area contributed by atoms with Gasteiger partial charge in [-0.3, -0.25) is 0 Å². The lowest BCUT2D eigenvalue weighted by Crippen LogP contribution is -2.37. The highest BCUT2D eigenvalue weighted by atomic mass is 19.3. The van der Waals surface area contributed by atoms with E-state index in [1.165, 1.54) is 12.8 Å². The third-order valence-corrected chi connectivity index (χ3v) is 5.02. The van der Waals surface area contributed by atoms with Crippen molar-refractivity contribution in [3.8, 4) is 11.5 Å². The number of hydrogen-bond acceptors (Lipinski definition) is 5. The van der Waals surface area contributed by atoms with E-state index in [4.69, 9.17) is 9.47 Å². The quantitative estimate of drug-likeness (QED) is 0.425. The van der Waals surface area contributed by atoms with E-state index < -0.39 is 6.61 Å². The number of aliphatic imine (C=N–C) groups is 1. The van der Waals surface area contributed by atoms with Crippen LogP contribution in [0.4, 0.5) is 14.6 Å². The maximum atomic E-state index is 12.9. The number of hydrogen-bond donors (Lipinski definition) is 2. The van der Waals surface area contributed by atoms with Crippen molar-refractivity contribution >= 4 is 11.8 Å². The van der Waals surface area contributed by atoms with Crippen LogP contribution in [-0.4, -0.2) is 43.8 Å². The van der Waals surface area contributed by atoms with Gasteiger partial charge < -0.3 is 25.0 Å². The minimum atomic E-state index is -2.94. The Kier molecular flexibility index (Phi) is 8.89. The zero-order chi connectivity index (χ0) is 22.8. The Morgan fingerprint density at radius 2 is 1.97 bits per heavy atom. The van der Waals surface area contributed by atoms with Gasteiger partial charge in [-0.05, 0) is 44.4 Å². The number of benzene rings is 1. The molecule has 1 saturated heterocycles. The smallest absolute Gasteiger partial charge is 0.387 e. The summed E-state index contributed by atoms with van der Waals surface area (Å²) >= 11 is 0. The van der Waals surface area contributed by atoms with Crippen LogP contribution in [-0.2, 0) is 13.1 Å². The summed E-state index contributed by atoms with van der Waals surface area (Å²) in [6.07, 6.45) is 4.27. The Hall–Kier alpha value is -3.10. The summed E-state index contributed by atoms with van der Waals surface area (Å²) in [5, 5.41) is 6.35. The molecule has 1 aliphatic heterocycles. The number of anilines is 1. The average molecular weight is 448 g/mol. The van der Waals surface area contributed by atoms with Gasteiger partial charge in [0.05, 0.1) is 13.2 Å². The summed E-state index contributed by atoms with van der Waals surface area (Å²) < 4.78 is 36.0. The molecule has 1 aliphatic rings. The van der Waals surface area contributed by atoms with E-state index in [2.05, 4.69) is 25.5 Å². The lowest BCUT2D eigenvalue weighted by Gasteiger charge is -2.17. The molecule has 0 aliphatic carbocycles. The molecular formula is C23H31F2N5O2. The van der Waals surface area contributed by atoms with Gasteiger partial charge in [-0.2, -0.15) is 8.78 Å². The number of nitrogens with one attached hydrogen (secondary N) is 2. The lowest BCUT2D eigenvalue weighted by molar-refractivity contribution is -0.0520. The highest BCUT2D eigenvalue weighted by Crippen LogP contribution is 2.32. The van der Waals surface area contributed by atoms with E-state index in [-0.39, 0.29) is 12.3 Å². The number of alkyl halides is 2. The standard InChI is InChI=1S/C23H31F2N5O2/c1-3-26-23(28-15-17-10-11-20(27-14-17)30-12-5-6-13-30)29-16-18-8-7-9-19(31-4-2)21(18)32-22(24)25/h7-11,14,22H,3-6,12-13,15-16H2,1-2H3,(H2,26,28,29). The second-order valence-electron chi connectivity index (χ2n) is 7.32. The largest absolute Gasteiger partial charge is 0.490 e. The molecule has 0 radical (unpaired) electrons. The Bertz CT molecular complexity index is 871. The molecule has 2 aromatic rings. The number of guanidine groups is 1. The van der Waals surface area contributed by atoms with Crippen LogP contribution in [0.5, 0.6) is 11.5 Å². The summed E-state index contributed by atoms with van der Waals surface area (Å²) in [5.41, 5.74) is 1.55. The minimum absolute atomic E-state index is 0.0365. The van der Waals surface area contributed by atoms with Crippen molar-refractivity contribution in [2.45, 2.75) is 46.4 Å². The number of halogens is 2. The number of ether oxygens (including phenoxy) is 2. The molecule has 2 heterocycles. The van der Waals surface area contributed by atoms with Crippen LogP contribution < -0.4 is 25.0 Å². The Balaban J connectivity index is 1.66. The first-order valence-electron chi connectivity index (χ1n) is 11.0. The summed E-state index contributed by atoms with van der Waals surface area (Å²) in [6.45, 7) is 4.64. The molecule has 3 rings (SSSR count). The molecular weight excluding hydrogens is 416 g/mol. The van der Waals surface area contributed by atoms with Gasteiger partial charge in [-0.25, -0.2) is 9.98 Å². The molecule has 7 nitrogen and oxygen atoms in total. The predicted octanol–water partition coefficient (Wildman–Crippen LogP) is 3.94. The molecule has 174 valence electrons. The van der Waals surface area contributed by atoms with Crippen molar-refractivity contribution in [2.24, 2.45) is 4.99 Å². The first kappa shape index (κ1) is 23.6. The topological polar surface area (TPSA) is 71.0 Å². The molecule has 0 saturated carbocycles. The van der Waals surface area contributed by atoms with Crippen molar-refractivity contribution in [3.05, 3.63) is 47.7 Å². The first-order valence-corrected chi connectivity index (χ1v) is 11.0. The molecule has 0 spiro atoms. The second-order valence-corrected chi connectivity index (χ2v) is 7.32. The summed E-state index contributed by atoms with van der Waals surface area (Å²) in [5.74, 6) is 1.90. The fourth-order valence-corrected chi connectivity index (χ4v) is 3.53. The zero-order valence-electron chi connectivity index (χ0n) is 18.6. The van der Waals surface area contributed by atoms with Gasteiger partial charge in [0, 0.05) is 37.9 Å². The maximum absolute atomic E-state index is 12.9. The van der Waals surface area contributed by atoms with Crippen LogP contribution in [0.15, 0.2) is 41.5 Å². The third kappa shape index (κ3) is 6.70. The van der Waals surface area contributed by atoms with Crippen LogP contribution in [0.1, 0.15) is 37.8 Å². The minimum Gasteiger partial charge on any atom is -0.490 e. The van der Waals surface area contributed by atoms with E-state index in [0.717, 1.165) is 24.5 Å². The van der Waals surface area contributed by atoms with Crippen LogP contribution in [0.3, 0.4) is 0 Å². The Morgan fingerprint density at radius 1 is 1.16 bits per heavy atom. The number of aromatic nitrogens is 1. The molecule has 32 heavy (non-hydrogen) atoms. The van der Waals surface area contributed by atoms with Crippen LogP contribution >= 0.6 is 0 Å². The average Bonchev–Trinajstić information content (AvgIpc) is 3.32. The third-order valence-electron chi connectivity index (χ3n) is 5.02. The van der Waals surface area contributed by atoms with Crippen LogP contribution in [0, 0.1) is 0 Å². The van der Waals surface area contributed by atoms with Crippen molar-refractivity contribution in [3.63, 3.8) is 0 Å². The molecule has 0 atom stereocenters. The van der Waals surface area contributed by atoms with Gasteiger partial charge in [0.2, 0.25) is 0 Å². The molecule has 0 amide bonds. The van der Waals surface area contributed by atoms with E-state index >= 15 is 0 Å². The number of para-hydroxylation sites is 1. The van der Waals surface area contributed by atoms with Crippen molar-refractivity contribution in [1.82, 2.24) is 15.6 Å². The lowest BCUT2D eigenvalue weighted by atomic mass is 10.2. The van der Waals surface area contributed by atoms with Gasteiger partial charge in [0.15, 0.2) is 17.5 Å². The molecule has 0 bridgehead atoms. The second kappa shape index (κ2) is 12.1. The van der Waals surface area contributed by atoms with Crippen molar-refractivity contribution < 1.29 is 18.3 Å². The molecule has 1 fully saturated rings. The summed E-state index contributed by atoms with van der Waals surface area (Å²) in [6, 6.07) is 9.15. The van der Waals surface area contributed by atoms with E-state index in [1.54, 1.807) is 25.1 Å². The summed E-state index contributed by atoms with van der Waals surface area (Å²) in [4.78, 5) is 11.4. The number of rotatable bonds is 10. The monoisotopic (exact) mass is 447 g/mol. The molecule has 1 aromatic carbocycles. The first-order chi connectivity index (χ1) is 15.6. The Labute approximate surface area is 187 Å². The fraction of sp³-hybridized carbons (Fsp3) is 0.478. The molecule has 1 aromatic heterocycles. The molecule has 9 heteroatoms. The fourth-order valence-electron chi connectivity index (χ4n) is 3.53. The number of nitrogens with zero attached hydrogens (tertiary/aromatic N) is 3. The highest BCUT2D eigenvalue weighted by molar-refractivity contribution is 5.79. The van der Waals surface area contributed by atoms with E-state index in [0.29, 0.717) is 37.0 Å². The Morgan fingerprint density at radius 3 is 2.62 bits per heavy atom. The van der Waals surface area contributed by atoms with E-state index in [1.807, 2.05) is 25.3 Å². The normalized spacial score (nSPS) is 14.0. The van der Waals surface area contributed by atoms with E-state index in [9.17, 15) is 8.78 Å². The predicted molar refractivity (Wildman–Crippen MR) is 122 cm³/mol. The van der Waals surface area contributed by atoms with Crippen molar-refractivity contribution in [1.29, 1.82) is 0 Å². The van der Waals surface area contributed by atoms with Gasteiger partial charge in [0.1, 0.15) is 5.82 Å². The molecule has 0 unspecified atom stereocenters. The zero-order valence-corrected chi connectivity index (χ0v) is 18.6. The van der Waals surface area contributed by atoms with Gasteiger partial charge in [-0.1, -0.05) is 18.2 Å². The SMILES string of the molecule is CCNC(=NCc1ccc(N2CCCC2)nc1)NCc1cccc(OCC)c1OC(F)F. The number of pyridine rings is 1. The van der Waals surface area contributed by atoms with Gasteiger partial charge in [0.25, 0.3) is 0 Å². The van der Waals surface area contributed by atoms with Crippen LogP contribution in [0.25, 0.3) is 0 Å². The van der Waals surface area contributed by atoms with Crippen LogP contribution in [0.2, 0.25) is 0 Å². The van der Waals surface area contributed by atoms with Gasteiger partial charge >= 0.3 is 6.61 Å². The van der Waals surface area contributed by atoms with Gasteiger partial charge in [-0.15, -0.1) is 0 Å². The summed E-state index contributed by atoms with van der Waals surface area (Å²) in [7, 11) is 0. The maximum Gasteiger partial charge on any atom is 0.387 e.